The van der Waals surface area contributed by atoms with Crippen LogP contribution in [-0.4, -0.2) is 51.9 Å². The van der Waals surface area contributed by atoms with Crippen LogP contribution in [0.1, 0.15) is 19.8 Å². The van der Waals surface area contributed by atoms with Gasteiger partial charge in [0.25, 0.3) is 0 Å². The van der Waals surface area contributed by atoms with E-state index in [0.717, 1.165) is 12.8 Å². The van der Waals surface area contributed by atoms with Crippen molar-refractivity contribution < 1.29 is 13.9 Å². The van der Waals surface area contributed by atoms with Gasteiger partial charge < -0.3 is 20.3 Å². The molecule has 8 nitrogen and oxygen atoms in total. The largest absolute Gasteiger partial charge is 0.450 e. The van der Waals surface area contributed by atoms with Gasteiger partial charge in [0.05, 0.1) is 12.8 Å². The zero-order chi connectivity index (χ0) is 18.4. The summed E-state index contributed by atoms with van der Waals surface area (Å²) in [5.74, 6) is 0.529. The van der Waals surface area contributed by atoms with E-state index in [1.807, 2.05) is 0 Å². The first-order valence-corrected chi connectivity index (χ1v) is 8.54. The first-order valence-electron chi connectivity index (χ1n) is 8.54. The molecule has 0 aliphatic carbocycles. The number of likely N-dealkylation sites (tertiary alicyclic amines) is 1. The van der Waals surface area contributed by atoms with Gasteiger partial charge in [0.15, 0.2) is 5.82 Å². The number of nitrogens with zero attached hydrogens (tertiary/aromatic N) is 4. The average Bonchev–Trinajstić information content (AvgIpc) is 2.63. The van der Waals surface area contributed by atoms with Crippen molar-refractivity contribution in [1.29, 1.82) is 0 Å². The van der Waals surface area contributed by atoms with Gasteiger partial charge in [-0.05, 0) is 38.0 Å². The Bertz CT molecular complexity index is 752. The molecule has 2 N–H and O–H groups in total. The molecule has 1 aromatic heterocycles. The average molecular weight is 360 g/mol. The lowest BCUT2D eigenvalue weighted by Gasteiger charge is -2.31. The number of anilines is 3. The Morgan fingerprint density at radius 2 is 2.19 bits per heavy atom. The van der Waals surface area contributed by atoms with E-state index in [1.54, 1.807) is 24.0 Å². The standard InChI is InChI=1S/C17H21FN6O2/c1-2-26-17(25)24-8-6-13(7-9-24)21-16-22-15(11-19-23-16)20-14-5-3-4-12(18)10-14/h3-5,10-11,13H,2,6-9H2,1H3,(H2,20,21,22,23). The Morgan fingerprint density at radius 1 is 1.38 bits per heavy atom. The predicted molar refractivity (Wildman–Crippen MR) is 94.7 cm³/mol. The molecule has 1 aromatic carbocycles. The second kappa shape index (κ2) is 8.41. The molecule has 2 heterocycles. The summed E-state index contributed by atoms with van der Waals surface area (Å²) in [4.78, 5) is 17.8. The van der Waals surface area contributed by atoms with Crippen LogP contribution in [0.15, 0.2) is 30.5 Å². The smallest absolute Gasteiger partial charge is 0.409 e. The minimum atomic E-state index is -0.330. The van der Waals surface area contributed by atoms with Crippen molar-refractivity contribution in [2.75, 3.05) is 30.3 Å². The lowest BCUT2D eigenvalue weighted by Crippen LogP contribution is -2.42. The van der Waals surface area contributed by atoms with Gasteiger partial charge in [0, 0.05) is 24.8 Å². The van der Waals surface area contributed by atoms with Crippen molar-refractivity contribution in [2.24, 2.45) is 0 Å². The molecular weight excluding hydrogens is 339 g/mol. The molecule has 0 saturated carbocycles. The van der Waals surface area contributed by atoms with Crippen LogP contribution < -0.4 is 10.6 Å². The topological polar surface area (TPSA) is 92.3 Å². The fraction of sp³-hybridized carbons (Fsp3) is 0.412. The van der Waals surface area contributed by atoms with Crippen LogP contribution in [0.25, 0.3) is 0 Å². The SMILES string of the molecule is CCOC(=O)N1CCC(Nc2nncc(Nc3cccc(F)c3)n2)CC1. The Kier molecular flexibility index (Phi) is 5.77. The van der Waals surface area contributed by atoms with E-state index >= 15 is 0 Å². The molecule has 2 aromatic rings. The maximum Gasteiger partial charge on any atom is 0.409 e. The highest BCUT2D eigenvalue weighted by Gasteiger charge is 2.24. The zero-order valence-electron chi connectivity index (χ0n) is 14.5. The number of piperidine rings is 1. The molecule has 1 aliphatic rings. The molecule has 138 valence electrons. The lowest BCUT2D eigenvalue weighted by atomic mass is 10.1. The number of carbonyl (C=O) groups is 1. The molecule has 0 atom stereocenters. The maximum absolute atomic E-state index is 13.3. The highest BCUT2D eigenvalue weighted by Crippen LogP contribution is 2.18. The summed E-state index contributed by atoms with van der Waals surface area (Å²) < 4.78 is 18.3. The third-order valence-electron chi connectivity index (χ3n) is 4.01. The van der Waals surface area contributed by atoms with Crippen LogP contribution in [-0.2, 0) is 4.74 Å². The van der Waals surface area contributed by atoms with Gasteiger partial charge in [-0.1, -0.05) is 6.07 Å². The summed E-state index contributed by atoms with van der Waals surface area (Å²) in [6.45, 7) is 3.40. The van der Waals surface area contributed by atoms with Crippen LogP contribution in [0, 0.1) is 5.82 Å². The number of aromatic nitrogens is 3. The summed E-state index contributed by atoms with van der Waals surface area (Å²) in [6.07, 6.45) is 2.73. The number of amides is 1. The molecule has 1 amide bonds. The monoisotopic (exact) mass is 360 g/mol. The molecule has 26 heavy (non-hydrogen) atoms. The molecule has 1 fully saturated rings. The Labute approximate surface area is 150 Å². The number of hydrogen-bond donors (Lipinski definition) is 2. The highest BCUT2D eigenvalue weighted by atomic mass is 19.1. The van der Waals surface area contributed by atoms with Crippen LogP contribution in [0.3, 0.4) is 0 Å². The summed E-state index contributed by atoms with van der Waals surface area (Å²) in [6, 6.07) is 6.25. The number of benzene rings is 1. The van der Waals surface area contributed by atoms with E-state index < -0.39 is 0 Å². The van der Waals surface area contributed by atoms with Crippen molar-refractivity contribution >= 4 is 23.5 Å². The van der Waals surface area contributed by atoms with Gasteiger partial charge in [-0.15, -0.1) is 5.10 Å². The van der Waals surface area contributed by atoms with Gasteiger partial charge in [-0.2, -0.15) is 10.1 Å². The summed E-state index contributed by atoms with van der Waals surface area (Å²) in [7, 11) is 0. The zero-order valence-corrected chi connectivity index (χ0v) is 14.5. The van der Waals surface area contributed by atoms with Gasteiger partial charge in [-0.3, -0.25) is 0 Å². The van der Waals surface area contributed by atoms with Crippen LogP contribution in [0.4, 0.5) is 26.6 Å². The van der Waals surface area contributed by atoms with Gasteiger partial charge in [0.2, 0.25) is 5.95 Å². The molecule has 1 saturated heterocycles. The minimum absolute atomic E-state index is 0.145. The fourth-order valence-corrected chi connectivity index (χ4v) is 2.74. The Hall–Kier alpha value is -2.97. The van der Waals surface area contributed by atoms with E-state index in [0.29, 0.717) is 37.1 Å². The van der Waals surface area contributed by atoms with E-state index in [9.17, 15) is 9.18 Å². The molecule has 0 unspecified atom stereocenters. The Morgan fingerprint density at radius 3 is 2.92 bits per heavy atom. The predicted octanol–water partition coefficient (Wildman–Crippen LogP) is 2.79. The molecule has 3 rings (SSSR count). The molecule has 0 bridgehead atoms. The maximum atomic E-state index is 13.3. The van der Waals surface area contributed by atoms with E-state index in [4.69, 9.17) is 4.74 Å². The first kappa shape index (κ1) is 17.8. The summed E-state index contributed by atoms with van der Waals surface area (Å²) >= 11 is 0. The number of nitrogens with one attached hydrogen (secondary N) is 2. The number of carbonyl (C=O) groups excluding carboxylic acids is 1. The molecule has 0 radical (unpaired) electrons. The molecular formula is C17H21FN6O2. The summed E-state index contributed by atoms with van der Waals surface area (Å²) in [5, 5.41) is 14.1. The number of halogens is 1. The van der Waals surface area contributed by atoms with Crippen LogP contribution in [0.5, 0.6) is 0 Å². The van der Waals surface area contributed by atoms with Crippen molar-refractivity contribution in [2.45, 2.75) is 25.8 Å². The second-order valence-corrected chi connectivity index (χ2v) is 5.91. The number of rotatable bonds is 5. The van der Waals surface area contributed by atoms with E-state index in [2.05, 4.69) is 25.8 Å². The third kappa shape index (κ3) is 4.78. The first-order chi connectivity index (χ1) is 12.6. The highest BCUT2D eigenvalue weighted by molar-refractivity contribution is 5.67. The van der Waals surface area contributed by atoms with Crippen LogP contribution in [0.2, 0.25) is 0 Å². The Balaban J connectivity index is 1.55. The van der Waals surface area contributed by atoms with Gasteiger partial charge >= 0.3 is 6.09 Å². The van der Waals surface area contributed by atoms with E-state index in [1.165, 1.54) is 18.3 Å². The summed E-state index contributed by atoms with van der Waals surface area (Å²) in [5.41, 5.74) is 0.583. The molecule has 9 heteroatoms. The lowest BCUT2D eigenvalue weighted by molar-refractivity contribution is 0.0983. The minimum Gasteiger partial charge on any atom is -0.450 e. The molecule has 1 aliphatic heterocycles. The fourth-order valence-electron chi connectivity index (χ4n) is 2.74. The third-order valence-corrected chi connectivity index (χ3v) is 4.01. The quantitative estimate of drug-likeness (QED) is 0.847. The van der Waals surface area contributed by atoms with Gasteiger partial charge in [-0.25, -0.2) is 9.18 Å². The van der Waals surface area contributed by atoms with Crippen molar-refractivity contribution in [3.05, 3.63) is 36.3 Å². The van der Waals surface area contributed by atoms with Crippen molar-refractivity contribution in [3.63, 3.8) is 0 Å². The van der Waals surface area contributed by atoms with Gasteiger partial charge in [0.1, 0.15) is 5.82 Å². The van der Waals surface area contributed by atoms with Crippen molar-refractivity contribution in [3.8, 4) is 0 Å². The molecule has 0 spiro atoms. The van der Waals surface area contributed by atoms with E-state index in [-0.39, 0.29) is 18.0 Å². The number of ether oxygens (including phenoxy) is 1. The normalized spacial score (nSPS) is 14.8. The second-order valence-electron chi connectivity index (χ2n) is 5.91. The number of hydrogen-bond acceptors (Lipinski definition) is 7. The van der Waals surface area contributed by atoms with Crippen LogP contribution >= 0.6 is 0 Å². The van der Waals surface area contributed by atoms with Crippen molar-refractivity contribution in [1.82, 2.24) is 20.1 Å².